The minimum Gasteiger partial charge on any atom is -0.335 e. The zero-order valence-electron chi connectivity index (χ0n) is 13.2. The summed E-state index contributed by atoms with van der Waals surface area (Å²) in [6.45, 7) is 0. The molecule has 1 aliphatic carbocycles. The third kappa shape index (κ3) is 4.28. The van der Waals surface area contributed by atoms with Crippen molar-refractivity contribution in [1.82, 2.24) is 15.6 Å². The second-order valence-electron chi connectivity index (χ2n) is 6.02. The standard InChI is InChI=1S/C16H17F3N4O2/c17-16(18,19)11-6-8-12(9-7-11)20-15(24)21-14-13(22-25-23-14)10-4-2-1-3-5-10/h1-5,11-12H,6-9H2,(H2,20,21,23,24). The molecule has 3 rings (SSSR count). The number of amides is 2. The number of benzene rings is 1. The average Bonchev–Trinajstić information content (AvgIpc) is 3.03. The third-order valence-electron chi connectivity index (χ3n) is 4.29. The summed E-state index contributed by atoms with van der Waals surface area (Å²) in [6, 6.07) is 8.22. The van der Waals surface area contributed by atoms with Gasteiger partial charge in [-0.3, -0.25) is 5.32 Å². The fourth-order valence-corrected chi connectivity index (χ4v) is 2.95. The van der Waals surface area contributed by atoms with Gasteiger partial charge in [0, 0.05) is 11.6 Å². The number of nitrogens with zero attached hydrogens (tertiary/aromatic N) is 2. The van der Waals surface area contributed by atoms with Crippen LogP contribution in [0.15, 0.2) is 35.0 Å². The monoisotopic (exact) mass is 354 g/mol. The lowest BCUT2D eigenvalue weighted by Gasteiger charge is -2.30. The molecule has 1 heterocycles. The van der Waals surface area contributed by atoms with Gasteiger partial charge in [0.25, 0.3) is 0 Å². The Morgan fingerprint density at radius 3 is 2.40 bits per heavy atom. The van der Waals surface area contributed by atoms with Gasteiger partial charge in [0.05, 0.1) is 5.92 Å². The Hall–Kier alpha value is -2.58. The molecule has 1 saturated carbocycles. The lowest BCUT2D eigenvalue weighted by molar-refractivity contribution is -0.182. The maximum atomic E-state index is 12.7. The maximum Gasteiger partial charge on any atom is 0.391 e. The number of alkyl halides is 3. The first-order valence-corrected chi connectivity index (χ1v) is 7.95. The van der Waals surface area contributed by atoms with E-state index in [1.54, 1.807) is 12.1 Å². The van der Waals surface area contributed by atoms with E-state index in [1.807, 2.05) is 18.2 Å². The minimum absolute atomic E-state index is 0.0230. The molecule has 25 heavy (non-hydrogen) atoms. The first kappa shape index (κ1) is 17.2. The van der Waals surface area contributed by atoms with Crippen molar-refractivity contribution < 1.29 is 22.6 Å². The number of hydrogen-bond acceptors (Lipinski definition) is 4. The third-order valence-corrected chi connectivity index (χ3v) is 4.29. The largest absolute Gasteiger partial charge is 0.391 e. The number of rotatable bonds is 3. The molecule has 134 valence electrons. The molecular weight excluding hydrogens is 337 g/mol. The van der Waals surface area contributed by atoms with E-state index in [9.17, 15) is 18.0 Å². The van der Waals surface area contributed by atoms with Crippen molar-refractivity contribution in [3.05, 3.63) is 30.3 Å². The quantitative estimate of drug-likeness (QED) is 0.874. The van der Waals surface area contributed by atoms with Crippen molar-refractivity contribution in [3.8, 4) is 11.3 Å². The van der Waals surface area contributed by atoms with Gasteiger partial charge >= 0.3 is 12.2 Å². The molecule has 0 spiro atoms. The maximum absolute atomic E-state index is 12.7. The van der Waals surface area contributed by atoms with Crippen LogP contribution in [0, 0.1) is 5.92 Å². The van der Waals surface area contributed by atoms with Gasteiger partial charge in [-0.05, 0) is 36.0 Å². The van der Waals surface area contributed by atoms with Gasteiger partial charge in [-0.2, -0.15) is 13.2 Å². The Kier molecular flexibility index (Phi) is 4.91. The van der Waals surface area contributed by atoms with Crippen LogP contribution in [0.4, 0.5) is 23.8 Å². The smallest absolute Gasteiger partial charge is 0.335 e. The molecule has 0 aliphatic heterocycles. The molecule has 1 aromatic heterocycles. The summed E-state index contributed by atoms with van der Waals surface area (Å²) in [7, 11) is 0. The average molecular weight is 354 g/mol. The molecule has 0 radical (unpaired) electrons. The van der Waals surface area contributed by atoms with Gasteiger partial charge in [-0.15, -0.1) is 0 Å². The van der Waals surface area contributed by atoms with Crippen LogP contribution in [0.3, 0.4) is 0 Å². The highest BCUT2D eigenvalue weighted by Crippen LogP contribution is 2.37. The summed E-state index contributed by atoms with van der Waals surface area (Å²) in [5, 5.41) is 12.7. The SMILES string of the molecule is O=C(Nc1nonc1-c1ccccc1)NC1CCC(C(F)(F)F)CC1. The van der Waals surface area contributed by atoms with Crippen molar-refractivity contribution in [2.24, 2.45) is 5.92 Å². The van der Waals surface area contributed by atoms with Gasteiger partial charge in [0.15, 0.2) is 5.69 Å². The van der Waals surface area contributed by atoms with E-state index < -0.39 is 18.1 Å². The summed E-state index contributed by atoms with van der Waals surface area (Å²) in [5.41, 5.74) is 1.11. The number of carbonyl (C=O) groups excluding carboxylic acids is 1. The van der Waals surface area contributed by atoms with Crippen LogP contribution in [-0.4, -0.2) is 28.6 Å². The number of nitrogens with one attached hydrogen (secondary N) is 2. The van der Waals surface area contributed by atoms with Crippen LogP contribution in [0.1, 0.15) is 25.7 Å². The van der Waals surface area contributed by atoms with Crippen molar-refractivity contribution in [2.45, 2.75) is 37.9 Å². The normalized spacial score (nSPS) is 20.9. The highest BCUT2D eigenvalue weighted by atomic mass is 19.4. The highest BCUT2D eigenvalue weighted by molar-refractivity contribution is 5.91. The summed E-state index contributed by atoms with van der Waals surface area (Å²) >= 11 is 0. The van der Waals surface area contributed by atoms with Crippen LogP contribution in [0.25, 0.3) is 11.3 Å². The van der Waals surface area contributed by atoms with E-state index in [-0.39, 0.29) is 24.7 Å². The van der Waals surface area contributed by atoms with Crippen molar-refractivity contribution in [2.75, 3.05) is 5.32 Å². The molecule has 1 aliphatic rings. The minimum atomic E-state index is -4.16. The molecule has 0 atom stereocenters. The lowest BCUT2D eigenvalue weighted by atomic mass is 9.86. The Morgan fingerprint density at radius 2 is 1.76 bits per heavy atom. The second-order valence-corrected chi connectivity index (χ2v) is 6.02. The van der Waals surface area contributed by atoms with Gasteiger partial charge < -0.3 is 5.32 Å². The second kappa shape index (κ2) is 7.12. The molecule has 0 bridgehead atoms. The number of hydrogen-bond donors (Lipinski definition) is 2. The zero-order valence-corrected chi connectivity index (χ0v) is 13.2. The Bertz CT molecular complexity index is 710. The van der Waals surface area contributed by atoms with Crippen LogP contribution in [0.5, 0.6) is 0 Å². The van der Waals surface area contributed by atoms with Crippen molar-refractivity contribution in [3.63, 3.8) is 0 Å². The molecular formula is C16H17F3N4O2. The van der Waals surface area contributed by atoms with E-state index >= 15 is 0 Å². The van der Waals surface area contributed by atoms with Gasteiger partial charge in [0.2, 0.25) is 5.82 Å². The summed E-state index contributed by atoms with van der Waals surface area (Å²) in [5.74, 6) is -1.12. The number of aromatic nitrogens is 2. The molecule has 0 unspecified atom stereocenters. The Labute approximate surface area is 141 Å². The summed E-state index contributed by atoms with van der Waals surface area (Å²) < 4.78 is 42.7. The van der Waals surface area contributed by atoms with Crippen LogP contribution in [0.2, 0.25) is 0 Å². The number of anilines is 1. The fraction of sp³-hybridized carbons (Fsp3) is 0.438. The Morgan fingerprint density at radius 1 is 1.08 bits per heavy atom. The molecule has 9 heteroatoms. The van der Waals surface area contributed by atoms with Crippen molar-refractivity contribution >= 4 is 11.8 Å². The fourth-order valence-electron chi connectivity index (χ4n) is 2.95. The topological polar surface area (TPSA) is 80.1 Å². The zero-order chi connectivity index (χ0) is 17.9. The van der Waals surface area contributed by atoms with Gasteiger partial charge in [0.1, 0.15) is 0 Å². The molecule has 1 aromatic carbocycles. The number of carbonyl (C=O) groups is 1. The van der Waals surface area contributed by atoms with Gasteiger partial charge in [-0.25, -0.2) is 9.42 Å². The highest BCUT2D eigenvalue weighted by Gasteiger charge is 2.41. The molecule has 6 nitrogen and oxygen atoms in total. The van der Waals surface area contributed by atoms with E-state index in [2.05, 4.69) is 25.6 Å². The van der Waals surface area contributed by atoms with Crippen molar-refractivity contribution in [1.29, 1.82) is 0 Å². The van der Waals surface area contributed by atoms with Crippen LogP contribution < -0.4 is 10.6 Å². The molecule has 2 amide bonds. The van der Waals surface area contributed by atoms with E-state index in [4.69, 9.17) is 0 Å². The molecule has 1 fully saturated rings. The molecule has 2 N–H and O–H groups in total. The first-order valence-electron chi connectivity index (χ1n) is 7.95. The summed E-state index contributed by atoms with van der Waals surface area (Å²) in [6.07, 6.45) is -3.53. The lowest BCUT2D eigenvalue weighted by Crippen LogP contribution is -2.42. The molecule has 0 saturated heterocycles. The van der Waals surface area contributed by atoms with Crippen LogP contribution >= 0.6 is 0 Å². The first-order chi connectivity index (χ1) is 11.9. The van der Waals surface area contributed by atoms with E-state index in [0.717, 1.165) is 5.56 Å². The van der Waals surface area contributed by atoms with E-state index in [1.165, 1.54) is 0 Å². The number of urea groups is 1. The van der Waals surface area contributed by atoms with Gasteiger partial charge in [-0.1, -0.05) is 30.3 Å². The Balaban J connectivity index is 1.55. The molecule has 2 aromatic rings. The number of halogens is 3. The summed E-state index contributed by atoms with van der Waals surface area (Å²) in [4.78, 5) is 12.1. The van der Waals surface area contributed by atoms with Crippen LogP contribution in [-0.2, 0) is 0 Å². The predicted octanol–water partition coefficient (Wildman–Crippen LogP) is 3.98. The predicted molar refractivity (Wildman–Crippen MR) is 83.7 cm³/mol. The van der Waals surface area contributed by atoms with E-state index in [0.29, 0.717) is 18.5 Å².